The lowest BCUT2D eigenvalue weighted by Crippen LogP contribution is -2.22. The van der Waals surface area contributed by atoms with Gasteiger partial charge < -0.3 is 10.1 Å². The van der Waals surface area contributed by atoms with Crippen LogP contribution in [0.4, 0.5) is 0 Å². The van der Waals surface area contributed by atoms with Crippen molar-refractivity contribution in [1.82, 2.24) is 15.1 Å². The van der Waals surface area contributed by atoms with Gasteiger partial charge in [-0.1, -0.05) is 18.2 Å². The van der Waals surface area contributed by atoms with E-state index in [0.717, 1.165) is 11.3 Å². The molecule has 2 rings (SSSR count). The maximum Gasteiger partial charge on any atom is 0.254 e. The second-order valence-electron chi connectivity index (χ2n) is 3.90. The summed E-state index contributed by atoms with van der Waals surface area (Å²) in [6.45, 7) is 0.428. The third-order valence-corrected chi connectivity index (χ3v) is 2.60. The summed E-state index contributed by atoms with van der Waals surface area (Å²) in [6.07, 6.45) is 3.22. The summed E-state index contributed by atoms with van der Waals surface area (Å²) < 4.78 is 6.81. The summed E-state index contributed by atoms with van der Waals surface area (Å²) in [6, 6.07) is 7.59. The molecule has 2 aromatic rings. The van der Waals surface area contributed by atoms with Gasteiger partial charge in [0.15, 0.2) is 0 Å². The number of para-hydroxylation sites is 1. The molecule has 0 spiro atoms. The molecule has 1 aromatic carbocycles. The molecule has 5 heteroatoms. The van der Waals surface area contributed by atoms with Gasteiger partial charge in [0, 0.05) is 25.4 Å². The molecule has 0 radical (unpaired) electrons. The van der Waals surface area contributed by atoms with Gasteiger partial charge in [0.25, 0.3) is 5.91 Å². The fraction of sp³-hybridized carbons (Fsp3) is 0.231. The zero-order valence-electron chi connectivity index (χ0n) is 10.4. The van der Waals surface area contributed by atoms with Gasteiger partial charge >= 0.3 is 0 Å². The second-order valence-corrected chi connectivity index (χ2v) is 3.90. The number of carbonyl (C=O) groups is 1. The van der Waals surface area contributed by atoms with E-state index in [1.807, 2.05) is 24.3 Å². The Labute approximate surface area is 105 Å². The fourth-order valence-electron chi connectivity index (χ4n) is 1.67. The minimum Gasteiger partial charge on any atom is -0.496 e. The van der Waals surface area contributed by atoms with Crippen LogP contribution in [0.3, 0.4) is 0 Å². The van der Waals surface area contributed by atoms with Crippen molar-refractivity contribution in [3.05, 3.63) is 47.8 Å². The Morgan fingerprint density at radius 1 is 1.44 bits per heavy atom. The van der Waals surface area contributed by atoms with Crippen LogP contribution in [-0.4, -0.2) is 22.8 Å². The second kappa shape index (κ2) is 5.35. The van der Waals surface area contributed by atoms with Crippen LogP contribution >= 0.6 is 0 Å². The molecule has 0 bridgehead atoms. The predicted octanol–water partition coefficient (Wildman–Crippen LogP) is 1.36. The van der Waals surface area contributed by atoms with Gasteiger partial charge in [0.05, 0.1) is 18.9 Å². The average Bonchev–Trinajstić information content (AvgIpc) is 2.83. The zero-order valence-corrected chi connectivity index (χ0v) is 10.4. The zero-order chi connectivity index (χ0) is 13.0. The number of nitrogens with one attached hydrogen (secondary N) is 1. The van der Waals surface area contributed by atoms with Crippen LogP contribution < -0.4 is 10.1 Å². The number of amides is 1. The first-order valence-corrected chi connectivity index (χ1v) is 5.59. The van der Waals surface area contributed by atoms with Crippen molar-refractivity contribution in [2.24, 2.45) is 7.05 Å². The molecule has 0 aliphatic carbocycles. The van der Waals surface area contributed by atoms with Crippen LogP contribution in [0.25, 0.3) is 0 Å². The van der Waals surface area contributed by atoms with E-state index in [1.165, 1.54) is 6.20 Å². The molecular weight excluding hydrogens is 230 g/mol. The summed E-state index contributed by atoms with van der Waals surface area (Å²) in [4.78, 5) is 11.8. The van der Waals surface area contributed by atoms with Crippen molar-refractivity contribution >= 4 is 5.91 Å². The van der Waals surface area contributed by atoms with E-state index in [4.69, 9.17) is 4.74 Å². The highest BCUT2D eigenvalue weighted by Gasteiger charge is 2.08. The van der Waals surface area contributed by atoms with Crippen molar-refractivity contribution < 1.29 is 9.53 Å². The number of hydrogen-bond donors (Lipinski definition) is 1. The van der Waals surface area contributed by atoms with E-state index in [1.54, 1.807) is 25.0 Å². The summed E-state index contributed by atoms with van der Waals surface area (Å²) in [5.74, 6) is 0.623. The summed E-state index contributed by atoms with van der Waals surface area (Å²) in [5.41, 5.74) is 1.49. The highest BCUT2D eigenvalue weighted by molar-refractivity contribution is 5.93. The Balaban J connectivity index is 2.01. The van der Waals surface area contributed by atoms with Crippen molar-refractivity contribution in [2.75, 3.05) is 7.11 Å². The lowest BCUT2D eigenvalue weighted by Gasteiger charge is -2.08. The van der Waals surface area contributed by atoms with E-state index < -0.39 is 0 Å². The molecule has 1 N–H and O–H groups in total. The lowest BCUT2D eigenvalue weighted by atomic mass is 10.2. The first-order valence-electron chi connectivity index (χ1n) is 5.59. The van der Waals surface area contributed by atoms with Crippen molar-refractivity contribution in [3.8, 4) is 5.75 Å². The number of hydrogen-bond acceptors (Lipinski definition) is 3. The van der Waals surface area contributed by atoms with Gasteiger partial charge in [-0.3, -0.25) is 9.48 Å². The lowest BCUT2D eigenvalue weighted by molar-refractivity contribution is 0.0950. The minimum atomic E-state index is -0.144. The summed E-state index contributed by atoms with van der Waals surface area (Å²) in [7, 11) is 3.39. The minimum absolute atomic E-state index is 0.144. The van der Waals surface area contributed by atoms with Crippen LogP contribution in [0.5, 0.6) is 5.75 Å². The quantitative estimate of drug-likeness (QED) is 0.884. The van der Waals surface area contributed by atoms with Crippen molar-refractivity contribution in [2.45, 2.75) is 6.54 Å². The molecule has 0 saturated carbocycles. The molecular formula is C13H15N3O2. The van der Waals surface area contributed by atoms with Crippen molar-refractivity contribution in [3.63, 3.8) is 0 Å². The largest absolute Gasteiger partial charge is 0.496 e. The number of methoxy groups -OCH3 is 1. The maximum atomic E-state index is 11.8. The SMILES string of the molecule is COc1ccccc1CNC(=O)c1cnn(C)c1. The summed E-state index contributed by atoms with van der Waals surface area (Å²) >= 11 is 0. The molecule has 0 unspecified atom stereocenters. The van der Waals surface area contributed by atoms with E-state index in [2.05, 4.69) is 10.4 Å². The van der Waals surface area contributed by atoms with Crippen LogP contribution in [0.1, 0.15) is 15.9 Å². The van der Waals surface area contributed by atoms with E-state index in [-0.39, 0.29) is 5.91 Å². The molecule has 0 aliphatic heterocycles. The van der Waals surface area contributed by atoms with Gasteiger partial charge in [0.1, 0.15) is 5.75 Å². The Morgan fingerprint density at radius 3 is 2.89 bits per heavy atom. The molecule has 1 amide bonds. The number of rotatable bonds is 4. The fourth-order valence-corrected chi connectivity index (χ4v) is 1.67. The Morgan fingerprint density at radius 2 is 2.22 bits per heavy atom. The average molecular weight is 245 g/mol. The number of nitrogens with zero attached hydrogens (tertiary/aromatic N) is 2. The van der Waals surface area contributed by atoms with E-state index >= 15 is 0 Å². The molecule has 18 heavy (non-hydrogen) atoms. The first-order chi connectivity index (χ1) is 8.70. The Bertz CT molecular complexity index is 549. The smallest absolute Gasteiger partial charge is 0.254 e. The molecule has 5 nitrogen and oxygen atoms in total. The summed E-state index contributed by atoms with van der Waals surface area (Å²) in [5, 5.41) is 6.79. The van der Waals surface area contributed by atoms with Gasteiger partial charge in [-0.2, -0.15) is 5.10 Å². The molecule has 0 fully saturated rings. The van der Waals surface area contributed by atoms with Crippen LogP contribution in [-0.2, 0) is 13.6 Å². The third-order valence-electron chi connectivity index (χ3n) is 2.60. The highest BCUT2D eigenvalue weighted by atomic mass is 16.5. The Hall–Kier alpha value is -2.30. The van der Waals surface area contributed by atoms with Crippen LogP contribution in [0.2, 0.25) is 0 Å². The number of aryl methyl sites for hydroxylation is 1. The molecule has 0 saturated heterocycles. The number of carbonyl (C=O) groups excluding carboxylic acids is 1. The van der Waals surface area contributed by atoms with Gasteiger partial charge in [-0.25, -0.2) is 0 Å². The molecule has 94 valence electrons. The molecule has 1 aromatic heterocycles. The van der Waals surface area contributed by atoms with Gasteiger partial charge in [0.2, 0.25) is 0 Å². The maximum absolute atomic E-state index is 11.8. The predicted molar refractivity (Wildman–Crippen MR) is 67.4 cm³/mol. The van der Waals surface area contributed by atoms with Crippen LogP contribution in [0, 0.1) is 0 Å². The van der Waals surface area contributed by atoms with E-state index in [9.17, 15) is 4.79 Å². The van der Waals surface area contributed by atoms with Gasteiger partial charge in [-0.15, -0.1) is 0 Å². The Kier molecular flexibility index (Phi) is 3.62. The molecule has 0 aliphatic rings. The van der Waals surface area contributed by atoms with Gasteiger partial charge in [-0.05, 0) is 6.07 Å². The number of ether oxygens (including phenoxy) is 1. The normalized spacial score (nSPS) is 10.1. The standard InChI is InChI=1S/C13H15N3O2/c1-16-9-11(8-15-16)13(17)14-7-10-5-3-4-6-12(10)18-2/h3-6,8-9H,7H2,1-2H3,(H,14,17). The van der Waals surface area contributed by atoms with Crippen LogP contribution in [0.15, 0.2) is 36.7 Å². The molecule has 0 atom stereocenters. The van der Waals surface area contributed by atoms with E-state index in [0.29, 0.717) is 12.1 Å². The molecule has 1 heterocycles. The first kappa shape index (κ1) is 12.2. The third kappa shape index (κ3) is 2.68. The monoisotopic (exact) mass is 245 g/mol. The van der Waals surface area contributed by atoms with Crippen molar-refractivity contribution in [1.29, 1.82) is 0 Å². The highest BCUT2D eigenvalue weighted by Crippen LogP contribution is 2.16. The number of aromatic nitrogens is 2. The number of benzene rings is 1. The topological polar surface area (TPSA) is 56.1 Å².